The van der Waals surface area contributed by atoms with E-state index < -0.39 is 17.4 Å². The molecule has 0 heterocycles. The van der Waals surface area contributed by atoms with Crippen LogP contribution < -0.4 is 10.1 Å². The van der Waals surface area contributed by atoms with Gasteiger partial charge in [-0.1, -0.05) is 12.1 Å². The predicted molar refractivity (Wildman–Crippen MR) is 76.0 cm³/mol. The van der Waals surface area contributed by atoms with Gasteiger partial charge in [0.15, 0.2) is 0 Å². The topological polar surface area (TPSA) is 75.6 Å². The van der Waals surface area contributed by atoms with Gasteiger partial charge >= 0.3 is 5.97 Å². The van der Waals surface area contributed by atoms with Crippen LogP contribution in [0.3, 0.4) is 0 Å². The van der Waals surface area contributed by atoms with Crippen LogP contribution in [0.1, 0.15) is 37.8 Å². The van der Waals surface area contributed by atoms with E-state index in [-0.39, 0.29) is 5.91 Å². The molecule has 0 spiro atoms. The van der Waals surface area contributed by atoms with Gasteiger partial charge in [-0.25, -0.2) is 4.79 Å². The fourth-order valence-corrected chi connectivity index (χ4v) is 1.79. The minimum atomic E-state index is -1.30. The number of hydrogen-bond donors (Lipinski definition) is 2. The Morgan fingerprint density at radius 1 is 1.35 bits per heavy atom. The molecule has 1 amide bonds. The number of nitrogens with one attached hydrogen (secondary N) is 1. The zero-order valence-electron chi connectivity index (χ0n) is 12.5. The first-order valence-electron chi connectivity index (χ1n) is 6.39. The van der Waals surface area contributed by atoms with Gasteiger partial charge in [0.05, 0.1) is 13.0 Å². The summed E-state index contributed by atoms with van der Waals surface area (Å²) in [4.78, 5) is 23.2. The number of ether oxygens (including phenoxy) is 1. The van der Waals surface area contributed by atoms with Crippen molar-refractivity contribution in [2.24, 2.45) is 0 Å². The van der Waals surface area contributed by atoms with Gasteiger partial charge in [-0.05, 0) is 39.3 Å². The van der Waals surface area contributed by atoms with E-state index in [0.29, 0.717) is 5.75 Å². The molecule has 1 unspecified atom stereocenters. The number of rotatable bonds is 5. The second-order valence-electron chi connectivity index (χ2n) is 5.39. The maximum atomic E-state index is 12.2. The van der Waals surface area contributed by atoms with E-state index in [0.717, 1.165) is 11.1 Å². The summed E-state index contributed by atoms with van der Waals surface area (Å²) in [6.07, 6.45) is 0. The van der Waals surface area contributed by atoms with Gasteiger partial charge in [-0.3, -0.25) is 4.79 Å². The van der Waals surface area contributed by atoms with E-state index in [9.17, 15) is 9.59 Å². The highest BCUT2D eigenvalue weighted by atomic mass is 16.5. The molecule has 0 fully saturated rings. The number of aryl methyl sites for hydroxylation is 1. The predicted octanol–water partition coefficient (Wildman–Crippen LogP) is 2.09. The molecule has 1 aromatic rings. The summed E-state index contributed by atoms with van der Waals surface area (Å²) in [5.41, 5.74) is 0.462. The number of methoxy groups -OCH3 is 1. The molecular weight excluding hydrogens is 258 g/mol. The van der Waals surface area contributed by atoms with Crippen LogP contribution in [0.2, 0.25) is 0 Å². The van der Waals surface area contributed by atoms with Gasteiger partial charge in [0.25, 0.3) is 0 Å². The Kier molecular flexibility index (Phi) is 4.76. The van der Waals surface area contributed by atoms with Crippen LogP contribution in [0.15, 0.2) is 18.2 Å². The number of benzene rings is 1. The second-order valence-corrected chi connectivity index (χ2v) is 5.39. The number of carbonyl (C=O) groups is 2. The van der Waals surface area contributed by atoms with Crippen LogP contribution in [0.4, 0.5) is 0 Å². The van der Waals surface area contributed by atoms with E-state index in [2.05, 4.69) is 5.32 Å². The molecule has 0 saturated heterocycles. The van der Waals surface area contributed by atoms with Gasteiger partial charge in [0, 0.05) is 5.56 Å². The molecule has 2 N–H and O–H groups in total. The van der Waals surface area contributed by atoms with Crippen LogP contribution in [0, 0.1) is 6.92 Å². The summed E-state index contributed by atoms with van der Waals surface area (Å²) < 4.78 is 5.28. The van der Waals surface area contributed by atoms with Gasteiger partial charge in [0.2, 0.25) is 5.91 Å². The maximum Gasteiger partial charge on any atom is 0.328 e. The molecule has 5 heteroatoms. The number of hydrogen-bond acceptors (Lipinski definition) is 3. The molecule has 0 bridgehead atoms. The Labute approximate surface area is 118 Å². The lowest BCUT2D eigenvalue weighted by molar-refractivity contribution is -0.146. The highest BCUT2D eigenvalue weighted by molar-refractivity contribution is 5.90. The van der Waals surface area contributed by atoms with Crippen molar-refractivity contribution in [1.82, 2.24) is 5.32 Å². The Hall–Kier alpha value is -2.04. The summed E-state index contributed by atoms with van der Waals surface area (Å²) in [5, 5.41) is 11.6. The van der Waals surface area contributed by atoms with Crippen molar-refractivity contribution in [3.05, 3.63) is 29.3 Å². The molecular formula is C15H21NO4. The zero-order chi connectivity index (χ0) is 15.5. The number of aliphatic carboxylic acids is 1. The number of carbonyl (C=O) groups excluding carboxylic acids is 1. The van der Waals surface area contributed by atoms with Crippen molar-refractivity contribution in [2.75, 3.05) is 7.11 Å². The molecule has 0 aromatic heterocycles. The standard InChI is InChI=1S/C15H21NO4/c1-9-6-7-11(12(8-9)20-5)10(2)13(17)16-15(3,4)14(18)19/h6-8,10H,1-5H3,(H,16,17)(H,18,19). The molecule has 0 radical (unpaired) electrons. The first kappa shape index (κ1) is 16.0. The van der Waals surface area contributed by atoms with Crippen LogP contribution in [0.25, 0.3) is 0 Å². The first-order chi connectivity index (χ1) is 9.19. The van der Waals surface area contributed by atoms with Crippen LogP contribution in [0.5, 0.6) is 5.75 Å². The van der Waals surface area contributed by atoms with Gasteiger partial charge in [-0.2, -0.15) is 0 Å². The molecule has 0 saturated carbocycles. The molecule has 1 atom stereocenters. The molecule has 20 heavy (non-hydrogen) atoms. The number of amides is 1. The Morgan fingerprint density at radius 2 is 1.95 bits per heavy atom. The van der Waals surface area contributed by atoms with Gasteiger partial charge in [-0.15, -0.1) is 0 Å². The average molecular weight is 279 g/mol. The van der Waals surface area contributed by atoms with Gasteiger partial charge in [0.1, 0.15) is 11.3 Å². The minimum absolute atomic E-state index is 0.348. The average Bonchev–Trinajstić information content (AvgIpc) is 2.36. The quantitative estimate of drug-likeness (QED) is 0.865. The molecule has 0 aliphatic rings. The lowest BCUT2D eigenvalue weighted by Crippen LogP contribution is -2.50. The van der Waals surface area contributed by atoms with Crippen molar-refractivity contribution < 1.29 is 19.4 Å². The molecule has 1 aromatic carbocycles. The minimum Gasteiger partial charge on any atom is -0.496 e. The third kappa shape index (κ3) is 3.50. The molecule has 0 aliphatic heterocycles. The van der Waals surface area contributed by atoms with Crippen molar-refractivity contribution in [1.29, 1.82) is 0 Å². The fraction of sp³-hybridized carbons (Fsp3) is 0.467. The van der Waals surface area contributed by atoms with Crippen LogP contribution in [-0.2, 0) is 9.59 Å². The fourth-order valence-electron chi connectivity index (χ4n) is 1.79. The normalized spacial score (nSPS) is 12.7. The highest BCUT2D eigenvalue weighted by Gasteiger charge is 2.31. The summed E-state index contributed by atoms with van der Waals surface area (Å²) in [6.45, 7) is 6.56. The highest BCUT2D eigenvalue weighted by Crippen LogP contribution is 2.28. The van der Waals surface area contributed by atoms with E-state index in [1.54, 1.807) is 14.0 Å². The Morgan fingerprint density at radius 3 is 2.45 bits per heavy atom. The summed E-state index contributed by atoms with van der Waals surface area (Å²) in [5.74, 6) is -1.29. The third-order valence-electron chi connectivity index (χ3n) is 3.22. The van der Waals surface area contributed by atoms with Crippen molar-refractivity contribution in [3.8, 4) is 5.75 Å². The van der Waals surface area contributed by atoms with E-state index in [1.807, 2.05) is 25.1 Å². The molecule has 0 aliphatic carbocycles. The smallest absolute Gasteiger partial charge is 0.328 e. The molecule has 110 valence electrons. The SMILES string of the molecule is COc1cc(C)ccc1C(C)C(=O)NC(C)(C)C(=O)O. The number of carboxylic acid groups (broad SMARTS) is 1. The Bertz CT molecular complexity index is 523. The Balaban J connectivity index is 2.98. The maximum absolute atomic E-state index is 12.2. The summed E-state index contributed by atoms with van der Waals surface area (Å²) in [6, 6.07) is 5.57. The van der Waals surface area contributed by atoms with Crippen molar-refractivity contribution in [3.63, 3.8) is 0 Å². The van der Waals surface area contributed by atoms with Crippen molar-refractivity contribution >= 4 is 11.9 Å². The largest absolute Gasteiger partial charge is 0.496 e. The zero-order valence-corrected chi connectivity index (χ0v) is 12.5. The first-order valence-corrected chi connectivity index (χ1v) is 6.39. The van der Waals surface area contributed by atoms with E-state index in [1.165, 1.54) is 13.8 Å². The van der Waals surface area contributed by atoms with E-state index in [4.69, 9.17) is 9.84 Å². The second kappa shape index (κ2) is 5.94. The lowest BCUT2D eigenvalue weighted by atomic mass is 9.96. The molecule has 5 nitrogen and oxygen atoms in total. The third-order valence-corrected chi connectivity index (χ3v) is 3.22. The van der Waals surface area contributed by atoms with Crippen LogP contribution in [-0.4, -0.2) is 29.6 Å². The number of carboxylic acids is 1. The van der Waals surface area contributed by atoms with Gasteiger partial charge < -0.3 is 15.2 Å². The lowest BCUT2D eigenvalue weighted by Gasteiger charge is -2.24. The summed E-state index contributed by atoms with van der Waals surface area (Å²) >= 11 is 0. The van der Waals surface area contributed by atoms with Crippen molar-refractivity contribution in [2.45, 2.75) is 39.2 Å². The summed E-state index contributed by atoms with van der Waals surface area (Å²) in [7, 11) is 1.55. The van der Waals surface area contributed by atoms with Crippen LogP contribution >= 0.6 is 0 Å². The monoisotopic (exact) mass is 279 g/mol. The molecule has 1 rings (SSSR count). The van der Waals surface area contributed by atoms with E-state index >= 15 is 0 Å².